The summed E-state index contributed by atoms with van der Waals surface area (Å²) in [5, 5.41) is 25.3. The van der Waals surface area contributed by atoms with Crippen molar-refractivity contribution in [1.82, 2.24) is 20.4 Å². The number of piperazine rings is 1. The molecule has 5 rings (SSSR count). The lowest BCUT2D eigenvalue weighted by molar-refractivity contribution is 0.0748. The maximum atomic E-state index is 13.4. The molecule has 0 atom stereocenters. The fourth-order valence-electron chi connectivity index (χ4n) is 4.47. The third kappa shape index (κ3) is 3.86. The molecule has 0 saturated carbocycles. The highest BCUT2D eigenvalue weighted by Gasteiger charge is 2.27. The zero-order valence-electron chi connectivity index (χ0n) is 18.6. The molecule has 1 amide bonds. The number of aromatic hydroxyl groups is 1. The summed E-state index contributed by atoms with van der Waals surface area (Å²) in [4.78, 5) is 17.5. The first kappa shape index (κ1) is 20.6. The van der Waals surface area contributed by atoms with Crippen molar-refractivity contribution in [3.63, 3.8) is 0 Å². The predicted octanol–water partition coefficient (Wildman–Crippen LogP) is 2.90. The number of benzene rings is 2. The minimum absolute atomic E-state index is 0.0287. The lowest BCUT2D eigenvalue weighted by Gasteiger charge is -2.29. The molecule has 2 aliphatic rings. The first-order valence-electron chi connectivity index (χ1n) is 11.3. The fourth-order valence-corrected chi connectivity index (χ4v) is 4.47. The van der Waals surface area contributed by atoms with E-state index < -0.39 is 0 Å². The number of nitrogens with zero attached hydrogens (tertiary/aromatic N) is 3. The van der Waals surface area contributed by atoms with Gasteiger partial charge in [0.25, 0.3) is 5.91 Å². The van der Waals surface area contributed by atoms with Crippen LogP contribution in [-0.2, 0) is 13.1 Å². The van der Waals surface area contributed by atoms with E-state index >= 15 is 0 Å². The molecular formula is C24H30N6O2. The minimum atomic E-state index is -0.166. The van der Waals surface area contributed by atoms with Gasteiger partial charge in [-0.25, -0.2) is 0 Å². The van der Waals surface area contributed by atoms with Crippen LogP contribution in [0.4, 0.5) is 11.5 Å². The van der Waals surface area contributed by atoms with E-state index in [4.69, 9.17) is 0 Å². The second-order valence-electron chi connectivity index (χ2n) is 9.11. The van der Waals surface area contributed by atoms with Crippen molar-refractivity contribution >= 4 is 28.3 Å². The number of aromatic amines is 1. The van der Waals surface area contributed by atoms with Gasteiger partial charge in [0.1, 0.15) is 5.75 Å². The van der Waals surface area contributed by atoms with Crippen molar-refractivity contribution < 1.29 is 9.90 Å². The number of rotatable bonds is 5. The Labute approximate surface area is 187 Å². The van der Waals surface area contributed by atoms with Gasteiger partial charge >= 0.3 is 0 Å². The number of hydrogen-bond acceptors (Lipinski definition) is 6. The zero-order chi connectivity index (χ0) is 22.2. The highest BCUT2D eigenvalue weighted by molar-refractivity contribution is 6.03. The summed E-state index contributed by atoms with van der Waals surface area (Å²) < 4.78 is 0. The molecule has 0 spiro atoms. The van der Waals surface area contributed by atoms with Crippen molar-refractivity contribution in [3.05, 3.63) is 47.0 Å². The number of aromatic nitrogens is 2. The summed E-state index contributed by atoms with van der Waals surface area (Å²) in [6.45, 7) is 10.1. The Hall–Kier alpha value is -3.26. The summed E-state index contributed by atoms with van der Waals surface area (Å²) in [6, 6.07) is 9.82. The molecule has 2 aromatic carbocycles. The SMILES string of the molecule is CC(C)CNc1n[nH]c2cc(O)c(C(=O)N3Cc4ccc(N5CCNCC5)cc4C3)cc12. The van der Waals surface area contributed by atoms with Gasteiger partial charge in [0, 0.05) is 63.0 Å². The second kappa shape index (κ2) is 8.35. The van der Waals surface area contributed by atoms with Gasteiger partial charge in [0.2, 0.25) is 0 Å². The number of fused-ring (bicyclic) bond motifs is 2. The van der Waals surface area contributed by atoms with Crippen LogP contribution in [0.3, 0.4) is 0 Å². The van der Waals surface area contributed by atoms with Crippen LogP contribution in [0, 0.1) is 5.92 Å². The summed E-state index contributed by atoms with van der Waals surface area (Å²) in [5.41, 5.74) is 4.57. The number of phenolic OH excluding ortho intramolecular Hbond substituents is 1. The van der Waals surface area contributed by atoms with Crippen LogP contribution in [0.25, 0.3) is 10.9 Å². The molecule has 32 heavy (non-hydrogen) atoms. The fraction of sp³-hybridized carbons (Fsp3) is 0.417. The van der Waals surface area contributed by atoms with Crippen molar-refractivity contribution in [2.75, 3.05) is 42.9 Å². The third-order valence-corrected chi connectivity index (χ3v) is 6.27. The Kier molecular flexibility index (Phi) is 5.38. The number of hydrogen-bond donors (Lipinski definition) is 4. The highest BCUT2D eigenvalue weighted by Crippen LogP contribution is 2.33. The molecule has 3 heterocycles. The topological polar surface area (TPSA) is 96.5 Å². The molecule has 8 nitrogen and oxygen atoms in total. The van der Waals surface area contributed by atoms with Gasteiger partial charge in [-0.15, -0.1) is 0 Å². The Morgan fingerprint density at radius 1 is 1.16 bits per heavy atom. The molecule has 0 radical (unpaired) electrons. The second-order valence-corrected chi connectivity index (χ2v) is 9.11. The van der Waals surface area contributed by atoms with E-state index in [0.717, 1.165) is 38.1 Å². The largest absolute Gasteiger partial charge is 0.507 e. The van der Waals surface area contributed by atoms with Gasteiger partial charge in [-0.1, -0.05) is 19.9 Å². The lowest BCUT2D eigenvalue weighted by atomic mass is 10.1. The van der Waals surface area contributed by atoms with Gasteiger partial charge in [0.15, 0.2) is 5.82 Å². The van der Waals surface area contributed by atoms with Crippen molar-refractivity contribution in [3.8, 4) is 5.75 Å². The Balaban J connectivity index is 1.37. The number of amides is 1. The highest BCUT2D eigenvalue weighted by atomic mass is 16.3. The van der Waals surface area contributed by atoms with E-state index in [1.165, 1.54) is 16.8 Å². The Bertz CT molecular complexity index is 1150. The molecule has 3 aromatic rings. The molecule has 8 heteroatoms. The van der Waals surface area contributed by atoms with Gasteiger partial charge in [-0.05, 0) is 35.2 Å². The summed E-state index contributed by atoms with van der Waals surface area (Å²) in [6.07, 6.45) is 0. The number of anilines is 2. The van der Waals surface area contributed by atoms with Crippen LogP contribution >= 0.6 is 0 Å². The third-order valence-electron chi connectivity index (χ3n) is 6.27. The van der Waals surface area contributed by atoms with Crippen LogP contribution in [0.15, 0.2) is 30.3 Å². The maximum Gasteiger partial charge on any atom is 0.258 e. The lowest BCUT2D eigenvalue weighted by Crippen LogP contribution is -2.43. The molecule has 0 aliphatic carbocycles. The standard InChI is InChI=1S/C24H30N6O2/c1-15(2)12-26-23-19-10-20(22(31)11-21(19)27-28-23)24(32)30-13-16-3-4-18(9-17(16)14-30)29-7-5-25-6-8-29/h3-4,9-11,15,25,31H,5-8,12-14H2,1-2H3,(H2,26,27,28). The van der Waals surface area contributed by atoms with Crippen molar-refractivity contribution in [2.24, 2.45) is 5.92 Å². The van der Waals surface area contributed by atoms with E-state index in [0.29, 0.717) is 35.9 Å². The van der Waals surface area contributed by atoms with E-state index in [-0.39, 0.29) is 11.7 Å². The van der Waals surface area contributed by atoms with Crippen molar-refractivity contribution in [2.45, 2.75) is 26.9 Å². The molecule has 0 unspecified atom stereocenters. The number of phenols is 1. The quantitative estimate of drug-likeness (QED) is 0.493. The smallest absolute Gasteiger partial charge is 0.258 e. The van der Waals surface area contributed by atoms with Gasteiger partial charge in [0.05, 0.1) is 11.1 Å². The minimum Gasteiger partial charge on any atom is -0.507 e. The molecule has 1 aromatic heterocycles. The number of carbonyl (C=O) groups excluding carboxylic acids is 1. The average molecular weight is 435 g/mol. The molecular weight excluding hydrogens is 404 g/mol. The monoisotopic (exact) mass is 434 g/mol. The number of nitrogens with one attached hydrogen (secondary N) is 3. The summed E-state index contributed by atoms with van der Waals surface area (Å²) in [5.74, 6) is 0.974. The summed E-state index contributed by atoms with van der Waals surface area (Å²) in [7, 11) is 0. The molecule has 2 aliphatic heterocycles. The Morgan fingerprint density at radius 2 is 1.94 bits per heavy atom. The normalized spacial score (nSPS) is 16.1. The van der Waals surface area contributed by atoms with Crippen molar-refractivity contribution in [1.29, 1.82) is 0 Å². The summed E-state index contributed by atoms with van der Waals surface area (Å²) >= 11 is 0. The number of H-pyrrole nitrogens is 1. The van der Waals surface area contributed by atoms with E-state index in [1.807, 2.05) is 0 Å². The first-order chi connectivity index (χ1) is 15.5. The van der Waals surface area contributed by atoms with Crippen LogP contribution in [-0.4, -0.2) is 58.8 Å². The van der Waals surface area contributed by atoms with Crippen LogP contribution in [0.2, 0.25) is 0 Å². The molecule has 1 saturated heterocycles. The molecule has 168 valence electrons. The van der Waals surface area contributed by atoms with Gasteiger partial charge < -0.3 is 25.5 Å². The van der Waals surface area contributed by atoms with Crippen LogP contribution in [0.1, 0.15) is 35.3 Å². The Morgan fingerprint density at radius 3 is 2.72 bits per heavy atom. The van der Waals surface area contributed by atoms with E-state index in [1.54, 1.807) is 17.0 Å². The van der Waals surface area contributed by atoms with Gasteiger partial charge in [-0.2, -0.15) is 5.10 Å². The maximum absolute atomic E-state index is 13.4. The van der Waals surface area contributed by atoms with E-state index in [2.05, 4.69) is 57.8 Å². The first-order valence-corrected chi connectivity index (χ1v) is 11.3. The number of carbonyl (C=O) groups is 1. The molecule has 1 fully saturated rings. The predicted molar refractivity (Wildman–Crippen MR) is 126 cm³/mol. The van der Waals surface area contributed by atoms with E-state index in [9.17, 15) is 9.90 Å². The van der Waals surface area contributed by atoms with Crippen LogP contribution in [0.5, 0.6) is 5.75 Å². The van der Waals surface area contributed by atoms with Crippen LogP contribution < -0.4 is 15.5 Å². The molecule has 4 N–H and O–H groups in total. The molecule has 0 bridgehead atoms. The average Bonchev–Trinajstić information content (AvgIpc) is 3.40. The van der Waals surface area contributed by atoms with Gasteiger partial charge in [-0.3, -0.25) is 9.89 Å². The zero-order valence-corrected chi connectivity index (χ0v) is 18.6.